The van der Waals surface area contributed by atoms with Crippen LogP contribution in [0.2, 0.25) is 0 Å². The van der Waals surface area contributed by atoms with Crippen molar-refractivity contribution in [1.82, 2.24) is 10.6 Å². The lowest BCUT2D eigenvalue weighted by molar-refractivity contribution is -0.256. The monoisotopic (exact) mass is 448 g/mol. The number of nitrogens with one attached hydrogen (secondary N) is 2. The second kappa shape index (κ2) is 11.6. The van der Waals surface area contributed by atoms with Gasteiger partial charge in [0.15, 0.2) is 6.29 Å². The molecule has 0 aliphatic carbocycles. The molecule has 31 heavy (non-hydrogen) atoms. The van der Waals surface area contributed by atoms with Crippen LogP contribution in [0.15, 0.2) is 0 Å². The average molecular weight is 449 g/mol. The topological polar surface area (TPSA) is 164 Å². The molecule has 1 aliphatic rings. The van der Waals surface area contributed by atoms with Gasteiger partial charge in [0.2, 0.25) is 5.91 Å². The molecule has 2 amide bonds. The predicted molar refractivity (Wildman–Crippen MR) is 109 cm³/mol. The molecule has 1 aliphatic heterocycles. The zero-order valence-corrected chi connectivity index (χ0v) is 19.0. The summed E-state index contributed by atoms with van der Waals surface area (Å²) in [5, 5.41) is 35.5. The van der Waals surface area contributed by atoms with Gasteiger partial charge in [0.1, 0.15) is 42.6 Å². The molecule has 0 aromatic rings. The Kier molecular flexibility index (Phi) is 10.1. The number of hydrogen-bond donors (Lipinski definition) is 5. The Labute approximate surface area is 182 Å². The molecule has 180 valence electrons. The van der Waals surface area contributed by atoms with Crippen molar-refractivity contribution in [2.24, 2.45) is 5.92 Å². The van der Waals surface area contributed by atoms with Crippen LogP contribution in [0.4, 0.5) is 4.79 Å². The van der Waals surface area contributed by atoms with Crippen LogP contribution in [0, 0.1) is 5.92 Å². The molecule has 1 saturated heterocycles. The summed E-state index contributed by atoms with van der Waals surface area (Å²) in [5.74, 6) is -1.52. The van der Waals surface area contributed by atoms with Crippen molar-refractivity contribution in [3.8, 4) is 0 Å². The SMILES string of the molecule is CCCC(=O)N[C@H]1C(O)O[C@H](COC(=O)[C@@H](NC(=O)OC(C)(C)C)C(C)C)[C@@H](O)[C@@H]1O. The fourth-order valence-corrected chi connectivity index (χ4v) is 2.91. The largest absolute Gasteiger partial charge is 0.461 e. The molecule has 0 spiro atoms. The Morgan fingerprint density at radius 1 is 1.10 bits per heavy atom. The quantitative estimate of drug-likeness (QED) is 0.316. The second-order valence-electron chi connectivity index (χ2n) is 8.89. The summed E-state index contributed by atoms with van der Waals surface area (Å²) in [6.45, 7) is 9.77. The fourth-order valence-electron chi connectivity index (χ4n) is 2.91. The molecule has 6 atom stereocenters. The molecule has 0 radical (unpaired) electrons. The maximum Gasteiger partial charge on any atom is 0.408 e. The summed E-state index contributed by atoms with van der Waals surface area (Å²) in [7, 11) is 0. The van der Waals surface area contributed by atoms with Gasteiger partial charge in [-0.25, -0.2) is 9.59 Å². The third kappa shape index (κ3) is 8.60. The van der Waals surface area contributed by atoms with E-state index in [1.54, 1.807) is 41.5 Å². The Balaban J connectivity index is 2.68. The van der Waals surface area contributed by atoms with Crippen LogP contribution < -0.4 is 10.6 Å². The minimum absolute atomic E-state index is 0.189. The summed E-state index contributed by atoms with van der Waals surface area (Å²) >= 11 is 0. The van der Waals surface area contributed by atoms with E-state index in [2.05, 4.69) is 10.6 Å². The van der Waals surface area contributed by atoms with Crippen LogP contribution in [0.3, 0.4) is 0 Å². The summed E-state index contributed by atoms with van der Waals surface area (Å²) in [6.07, 6.45) is -5.93. The van der Waals surface area contributed by atoms with E-state index >= 15 is 0 Å². The number of carbonyl (C=O) groups is 3. The van der Waals surface area contributed by atoms with E-state index in [-0.39, 0.29) is 12.3 Å². The van der Waals surface area contributed by atoms with Crippen LogP contribution in [0.1, 0.15) is 54.4 Å². The third-order valence-corrected chi connectivity index (χ3v) is 4.51. The first-order valence-electron chi connectivity index (χ1n) is 10.4. The Morgan fingerprint density at radius 3 is 2.23 bits per heavy atom. The van der Waals surface area contributed by atoms with Gasteiger partial charge in [-0.3, -0.25) is 4.79 Å². The molecule has 11 nitrogen and oxygen atoms in total. The highest BCUT2D eigenvalue weighted by Crippen LogP contribution is 2.21. The number of hydrogen-bond acceptors (Lipinski definition) is 9. The number of ether oxygens (including phenoxy) is 3. The molecular weight excluding hydrogens is 412 g/mol. The minimum atomic E-state index is -1.61. The van der Waals surface area contributed by atoms with Crippen LogP contribution in [-0.2, 0) is 23.8 Å². The van der Waals surface area contributed by atoms with Crippen LogP contribution in [0.5, 0.6) is 0 Å². The van der Waals surface area contributed by atoms with Gasteiger partial charge in [-0.2, -0.15) is 0 Å². The number of alkyl carbamates (subject to hydrolysis) is 1. The average Bonchev–Trinajstić information content (AvgIpc) is 2.63. The molecule has 1 rings (SSSR count). The molecular formula is C20H36N2O9. The van der Waals surface area contributed by atoms with Crippen molar-refractivity contribution in [3.05, 3.63) is 0 Å². The number of esters is 1. The lowest BCUT2D eigenvalue weighted by Crippen LogP contribution is -2.64. The molecule has 1 heterocycles. The predicted octanol–water partition coefficient (Wildman–Crippen LogP) is -0.197. The second-order valence-corrected chi connectivity index (χ2v) is 8.89. The highest BCUT2D eigenvalue weighted by molar-refractivity contribution is 5.81. The van der Waals surface area contributed by atoms with E-state index < -0.39 is 66.9 Å². The highest BCUT2D eigenvalue weighted by atomic mass is 16.6. The maximum absolute atomic E-state index is 12.5. The van der Waals surface area contributed by atoms with Crippen molar-refractivity contribution in [2.75, 3.05) is 6.61 Å². The van der Waals surface area contributed by atoms with Crippen molar-refractivity contribution < 1.29 is 43.9 Å². The van der Waals surface area contributed by atoms with Gasteiger partial charge in [0.05, 0.1) is 0 Å². The zero-order chi connectivity index (χ0) is 23.9. The summed E-state index contributed by atoms with van der Waals surface area (Å²) in [5.41, 5.74) is -0.745. The van der Waals surface area contributed by atoms with Gasteiger partial charge in [-0.05, 0) is 33.1 Å². The van der Waals surface area contributed by atoms with Gasteiger partial charge in [-0.1, -0.05) is 20.8 Å². The minimum Gasteiger partial charge on any atom is -0.461 e. The van der Waals surface area contributed by atoms with Gasteiger partial charge >= 0.3 is 12.1 Å². The van der Waals surface area contributed by atoms with Gasteiger partial charge in [-0.15, -0.1) is 0 Å². The first kappa shape index (κ1) is 27.1. The zero-order valence-electron chi connectivity index (χ0n) is 19.0. The van der Waals surface area contributed by atoms with Crippen molar-refractivity contribution in [2.45, 2.75) is 96.7 Å². The summed E-state index contributed by atoms with van der Waals surface area (Å²) < 4.78 is 15.5. The van der Waals surface area contributed by atoms with Crippen molar-refractivity contribution in [3.63, 3.8) is 0 Å². The molecule has 1 unspecified atom stereocenters. The van der Waals surface area contributed by atoms with E-state index in [1.807, 2.05) is 0 Å². The van der Waals surface area contributed by atoms with E-state index in [9.17, 15) is 29.7 Å². The molecule has 0 aromatic carbocycles. The van der Waals surface area contributed by atoms with Gasteiger partial charge < -0.3 is 40.2 Å². The smallest absolute Gasteiger partial charge is 0.408 e. The highest BCUT2D eigenvalue weighted by Gasteiger charge is 2.45. The van der Waals surface area contributed by atoms with E-state index in [1.165, 1.54) is 0 Å². The standard InChI is InChI=1S/C20H36N2O9/c1-7-8-12(23)21-14-16(25)15(24)11(30-18(14)27)9-29-17(26)13(10(2)3)22-19(28)31-20(4,5)6/h10-11,13-16,18,24-25,27H,7-9H2,1-6H3,(H,21,23)(H,22,28)/t11-,13+,14-,15-,16-,18?/m1/s1. The van der Waals surface area contributed by atoms with Crippen LogP contribution in [-0.4, -0.2) is 82.2 Å². The lowest BCUT2D eigenvalue weighted by atomic mass is 9.97. The van der Waals surface area contributed by atoms with Gasteiger partial charge in [0, 0.05) is 6.42 Å². The summed E-state index contributed by atoms with van der Waals surface area (Å²) in [6, 6.07) is -2.25. The number of rotatable bonds is 8. The molecule has 1 fully saturated rings. The van der Waals surface area contributed by atoms with Crippen LogP contribution >= 0.6 is 0 Å². The first-order valence-corrected chi connectivity index (χ1v) is 10.4. The lowest BCUT2D eigenvalue weighted by Gasteiger charge is -2.40. The number of amides is 2. The number of carbonyl (C=O) groups excluding carboxylic acids is 3. The third-order valence-electron chi connectivity index (χ3n) is 4.51. The van der Waals surface area contributed by atoms with E-state index in [4.69, 9.17) is 14.2 Å². The summed E-state index contributed by atoms with van der Waals surface area (Å²) in [4.78, 5) is 36.2. The molecule has 0 saturated carbocycles. The number of aliphatic hydroxyl groups is 3. The maximum atomic E-state index is 12.5. The fraction of sp³-hybridized carbons (Fsp3) is 0.850. The normalized spacial score (nSPS) is 27.4. The van der Waals surface area contributed by atoms with Crippen LogP contribution in [0.25, 0.3) is 0 Å². The van der Waals surface area contributed by atoms with Crippen molar-refractivity contribution >= 4 is 18.0 Å². The van der Waals surface area contributed by atoms with E-state index in [0.717, 1.165) is 0 Å². The molecule has 11 heteroatoms. The number of aliphatic hydroxyl groups excluding tert-OH is 3. The Hall–Kier alpha value is -1.95. The molecule has 5 N–H and O–H groups in total. The Bertz CT molecular complexity index is 620. The van der Waals surface area contributed by atoms with E-state index in [0.29, 0.717) is 6.42 Å². The molecule has 0 bridgehead atoms. The molecule has 0 aromatic heterocycles. The van der Waals surface area contributed by atoms with Crippen molar-refractivity contribution in [1.29, 1.82) is 0 Å². The first-order chi connectivity index (χ1) is 14.3. The van der Waals surface area contributed by atoms with Gasteiger partial charge in [0.25, 0.3) is 0 Å². The Morgan fingerprint density at radius 2 is 1.71 bits per heavy atom.